The summed E-state index contributed by atoms with van der Waals surface area (Å²) in [5, 5.41) is 9.92. The number of rotatable bonds is 3. The van der Waals surface area contributed by atoms with Crippen LogP contribution in [0, 0.1) is 5.92 Å². The first kappa shape index (κ1) is 21.7. The second-order valence-electron chi connectivity index (χ2n) is 7.20. The Labute approximate surface area is 165 Å². The predicted octanol–water partition coefficient (Wildman–Crippen LogP) is 0.630. The molecule has 2 heterocycles. The highest BCUT2D eigenvalue weighted by molar-refractivity contribution is 5.92. The first-order valence-corrected chi connectivity index (χ1v) is 9.67. The van der Waals surface area contributed by atoms with Crippen molar-refractivity contribution in [1.82, 2.24) is 25.1 Å². The SMILES string of the molecule is CN1CCCN(C(=O)C2CCC(NC(=O)c3ccncn3)CC2)CC1.O=CO. The molecule has 0 bridgehead atoms. The van der Waals surface area contributed by atoms with Crippen molar-refractivity contribution < 1.29 is 19.5 Å². The Hall–Kier alpha value is -2.55. The average Bonchev–Trinajstić information content (AvgIpc) is 2.94. The van der Waals surface area contributed by atoms with Crippen molar-refractivity contribution in [3.8, 4) is 0 Å². The molecule has 0 unspecified atom stereocenters. The summed E-state index contributed by atoms with van der Waals surface area (Å²) in [6.45, 7) is 3.47. The van der Waals surface area contributed by atoms with E-state index in [2.05, 4.69) is 27.2 Å². The lowest BCUT2D eigenvalue weighted by atomic mass is 9.85. The van der Waals surface area contributed by atoms with Gasteiger partial charge in [0.25, 0.3) is 12.4 Å². The average molecular weight is 391 g/mol. The maximum Gasteiger partial charge on any atom is 0.290 e. The fourth-order valence-electron chi connectivity index (χ4n) is 3.69. The zero-order chi connectivity index (χ0) is 20.4. The van der Waals surface area contributed by atoms with Gasteiger partial charge in [0.1, 0.15) is 12.0 Å². The summed E-state index contributed by atoms with van der Waals surface area (Å²) in [5.74, 6) is 0.249. The highest BCUT2D eigenvalue weighted by atomic mass is 16.3. The maximum absolute atomic E-state index is 12.8. The second kappa shape index (κ2) is 11.3. The third kappa shape index (κ3) is 6.56. The fourth-order valence-corrected chi connectivity index (χ4v) is 3.69. The van der Waals surface area contributed by atoms with Crippen molar-refractivity contribution in [2.45, 2.75) is 38.1 Å². The van der Waals surface area contributed by atoms with Crippen LogP contribution in [0.2, 0.25) is 0 Å². The summed E-state index contributed by atoms with van der Waals surface area (Å²) in [4.78, 5) is 45.4. The van der Waals surface area contributed by atoms with E-state index in [4.69, 9.17) is 9.90 Å². The van der Waals surface area contributed by atoms with Gasteiger partial charge in [0.2, 0.25) is 5.91 Å². The third-order valence-electron chi connectivity index (χ3n) is 5.26. The molecule has 1 aliphatic heterocycles. The molecule has 2 fully saturated rings. The zero-order valence-electron chi connectivity index (χ0n) is 16.3. The van der Waals surface area contributed by atoms with E-state index in [1.807, 2.05) is 4.90 Å². The molecule has 3 rings (SSSR count). The van der Waals surface area contributed by atoms with E-state index < -0.39 is 0 Å². The number of nitrogens with zero attached hydrogens (tertiary/aromatic N) is 4. The van der Waals surface area contributed by atoms with Crippen molar-refractivity contribution >= 4 is 18.3 Å². The van der Waals surface area contributed by atoms with E-state index in [-0.39, 0.29) is 24.3 Å². The molecule has 1 aromatic rings. The Balaban J connectivity index is 0.000000878. The number of hydrogen-bond acceptors (Lipinski definition) is 6. The topological polar surface area (TPSA) is 116 Å². The Bertz CT molecular complexity index is 634. The molecule has 1 aliphatic carbocycles. The molecule has 28 heavy (non-hydrogen) atoms. The molecule has 154 valence electrons. The first-order chi connectivity index (χ1) is 13.5. The van der Waals surface area contributed by atoms with Crippen LogP contribution in [0.4, 0.5) is 0 Å². The van der Waals surface area contributed by atoms with Gasteiger partial charge in [0.05, 0.1) is 0 Å². The van der Waals surface area contributed by atoms with Gasteiger partial charge in [0, 0.05) is 37.8 Å². The van der Waals surface area contributed by atoms with E-state index in [9.17, 15) is 9.59 Å². The smallest absolute Gasteiger partial charge is 0.290 e. The summed E-state index contributed by atoms with van der Waals surface area (Å²) in [6, 6.07) is 1.74. The van der Waals surface area contributed by atoms with Gasteiger partial charge in [-0.15, -0.1) is 0 Å². The lowest BCUT2D eigenvalue weighted by molar-refractivity contribution is -0.136. The van der Waals surface area contributed by atoms with Crippen LogP contribution in [-0.4, -0.2) is 82.4 Å². The number of likely N-dealkylation sites (N-methyl/N-ethyl adjacent to an activating group) is 1. The summed E-state index contributed by atoms with van der Waals surface area (Å²) in [5.41, 5.74) is 0.391. The van der Waals surface area contributed by atoms with Gasteiger partial charge in [-0.3, -0.25) is 14.4 Å². The minimum atomic E-state index is -0.250. The van der Waals surface area contributed by atoms with Crippen LogP contribution in [-0.2, 0) is 9.59 Å². The van der Waals surface area contributed by atoms with Gasteiger partial charge in [-0.05, 0) is 51.8 Å². The number of carbonyl (C=O) groups excluding carboxylic acids is 2. The number of carbonyl (C=O) groups is 3. The predicted molar refractivity (Wildman–Crippen MR) is 103 cm³/mol. The zero-order valence-corrected chi connectivity index (χ0v) is 16.3. The second-order valence-corrected chi connectivity index (χ2v) is 7.20. The molecule has 2 N–H and O–H groups in total. The summed E-state index contributed by atoms with van der Waals surface area (Å²) < 4.78 is 0. The van der Waals surface area contributed by atoms with Crippen LogP contribution in [0.3, 0.4) is 0 Å². The number of aromatic nitrogens is 2. The molecule has 0 atom stereocenters. The molecule has 2 aliphatic rings. The summed E-state index contributed by atoms with van der Waals surface area (Å²) in [7, 11) is 2.11. The molecule has 9 heteroatoms. The quantitative estimate of drug-likeness (QED) is 0.726. The van der Waals surface area contributed by atoms with Crippen LogP contribution in [0.5, 0.6) is 0 Å². The van der Waals surface area contributed by atoms with E-state index in [1.165, 1.54) is 6.33 Å². The van der Waals surface area contributed by atoms with Crippen LogP contribution in [0.1, 0.15) is 42.6 Å². The fraction of sp³-hybridized carbons (Fsp3) is 0.632. The Morgan fingerprint density at radius 2 is 1.89 bits per heavy atom. The highest BCUT2D eigenvalue weighted by Crippen LogP contribution is 2.26. The summed E-state index contributed by atoms with van der Waals surface area (Å²) >= 11 is 0. The molecule has 1 saturated carbocycles. The van der Waals surface area contributed by atoms with Gasteiger partial charge in [0.15, 0.2) is 0 Å². The Morgan fingerprint density at radius 1 is 1.18 bits per heavy atom. The molecule has 0 spiro atoms. The van der Waals surface area contributed by atoms with Crippen molar-refractivity contribution in [3.05, 3.63) is 24.3 Å². The van der Waals surface area contributed by atoms with Crippen LogP contribution >= 0.6 is 0 Å². The number of nitrogens with one attached hydrogen (secondary N) is 1. The van der Waals surface area contributed by atoms with Gasteiger partial charge in [-0.2, -0.15) is 0 Å². The number of hydrogen-bond donors (Lipinski definition) is 2. The van der Waals surface area contributed by atoms with Crippen LogP contribution < -0.4 is 5.32 Å². The number of amides is 2. The van der Waals surface area contributed by atoms with E-state index in [0.717, 1.165) is 58.3 Å². The highest BCUT2D eigenvalue weighted by Gasteiger charge is 2.30. The largest absolute Gasteiger partial charge is 0.483 e. The van der Waals surface area contributed by atoms with Gasteiger partial charge >= 0.3 is 0 Å². The van der Waals surface area contributed by atoms with Gasteiger partial charge < -0.3 is 20.2 Å². The van der Waals surface area contributed by atoms with E-state index >= 15 is 0 Å². The molecular weight excluding hydrogens is 362 g/mol. The third-order valence-corrected chi connectivity index (χ3v) is 5.26. The van der Waals surface area contributed by atoms with Gasteiger partial charge in [-0.25, -0.2) is 9.97 Å². The molecule has 1 aromatic heterocycles. The molecule has 0 radical (unpaired) electrons. The lowest BCUT2D eigenvalue weighted by Crippen LogP contribution is -2.43. The monoisotopic (exact) mass is 391 g/mol. The molecule has 1 saturated heterocycles. The van der Waals surface area contributed by atoms with Crippen molar-refractivity contribution in [2.75, 3.05) is 33.2 Å². The van der Waals surface area contributed by atoms with E-state index in [1.54, 1.807) is 12.3 Å². The minimum absolute atomic E-state index is 0.107. The normalized spacial score (nSPS) is 23.0. The standard InChI is InChI=1S/C18H27N5O2.CH2O2/c1-22-9-2-10-23(12-11-22)18(25)14-3-5-15(6-4-14)21-17(24)16-7-8-19-13-20-16;2-1-3/h7-8,13-15H,2-6,9-12H2,1H3,(H,21,24);1H,(H,2,3). The van der Waals surface area contributed by atoms with Crippen molar-refractivity contribution in [3.63, 3.8) is 0 Å². The number of carboxylic acid groups (broad SMARTS) is 1. The maximum atomic E-state index is 12.8. The van der Waals surface area contributed by atoms with Crippen LogP contribution in [0.25, 0.3) is 0 Å². The Kier molecular flexibility index (Phi) is 8.80. The van der Waals surface area contributed by atoms with Crippen molar-refractivity contribution in [2.24, 2.45) is 5.92 Å². The molecule has 2 amide bonds. The van der Waals surface area contributed by atoms with E-state index in [0.29, 0.717) is 11.6 Å². The minimum Gasteiger partial charge on any atom is -0.483 e. The molecule has 9 nitrogen and oxygen atoms in total. The van der Waals surface area contributed by atoms with Gasteiger partial charge in [-0.1, -0.05) is 0 Å². The van der Waals surface area contributed by atoms with Crippen molar-refractivity contribution in [1.29, 1.82) is 0 Å². The molecular formula is C19H29N5O4. The first-order valence-electron chi connectivity index (χ1n) is 9.67. The molecule has 0 aromatic carbocycles. The lowest BCUT2D eigenvalue weighted by Gasteiger charge is -2.32. The Morgan fingerprint density at radius 3 is 2.54 bits per heavy atom. The summed E-state index contributed by atoms with van der Waals surface area (Å²) in [6.07, 6.45) is 7.38. The van der Waals surface area contributed by atoms with Crippen LogP contribution in [0.15, 0.2) is 18.6 Å².